The van der Waals surface area contributed by atoms with E-state index in [1.165, 1.54) is 0 Å². The minimum atomic E-state index is 0.351. The molecule has 0 unspecified atom stereocenters. The molecule has 0 N–H and O–H groups in total. The maximum Gasteiger partial charge on any atom is 0.150 e. The monoisotopic (exact) mass is 182 g/mol. The van der Waals surface area contributed by atoms with Crippen molar-refractivity contribution in [1.29, 1.82) is 0 Å². The summed E-state index contributed by atoms with van der Waals surface area (Å²) in [5.74, 6) is 0. The molecule has 1 fully saturated rings. The van der Waals surface area contributed by atoms with Crippen molar-refractivity contribution in [3.05, 3.63) is 0 Å². The molecule has 0 aliphatic carbocycles. The zero-order chi connectivity index (χ0) is 9.84. The summed E-state index contributed by atoms with van der Waals surface area (Å²) in [4.78, 5) is 2.51. The molecule has 0 aromatic rings. The van der Waals surface area contributed by atoms with Crippen LogP contribution in [0.25, 0.3) is 0 Å². The third-order valence-corrected chi connectivity index (χ3v) is 2.67. The predicted octanol–water partition coefficient (Wildman–Crippen LogP) is 1.58. The summed E-state index contributed by atoms with van der Waals surface area (Å²) in [6.07, 6.45) is 1.10. The molecule has 13 heavy (non-hydrogen) atoms. The Morgan fingerprint density at radius 1 is 1.54 bits per heavy atom. The van der Waals surface area contributed by atoms with Crippen LogP contribution in [0.1, 0.15) is 27.7 Å². The zero-order valence-corrected chi connectivity index (χ0v) is 9.29. The Kier molecular flexibility index (Phi) is 4.27. The van der Waals surface area contributed by atoms with E-state index in [0.717, 1.165) is 19.5 Å². The fourth-order valence-electron chi connectivity index (χ4n) is 1.92. The van der Waals surface area contributed by atoms with Crippen molar-refractivity contribution in [1.82, 2.24) is 4.90 Å². The molecule has 0 saturated carbocycles. The standard InChI is InChI=1S/C10H21BNO/c1-5-11-10-6-12(8(2)3)9(4)7-13-10/h8-10H,5-7H2,1-4H3/t9-,10-/m1/s1. The van der Waals surface area contributed by atoms with E-state index in [1.807, 2.05) is 0 Å². The molecule has 1 rings (SSSR count). The highest BCUT2D eigenvalue weighted by Crippen LogP contribution is 2.14. The summed E-state index contributed by atoms with van der Waals surface area (Å²) in [5, 5.41) is 0. The van der Waals surface area contributed by atoms with E-state index >= 15 is 0 Å². The molecule has 1 saturated heterocycles. The van der Waals surface area contributed by atoms with E-state index in [0.29, 0.717) is 18.1 Å². The lowest BCUT2D eigenvalue weighted by Crippen LogP contribution is -2.52. The number of nitrogens with zero attached hydrogens (tertiary/aromatic N) is 1. The van der Waals surface area contributed by atoms with E-state index in [1.54, 1.807) is 0 Å². The van der Waals surface area contributed by atoms with Crippen molar-refractivity contribution in [2.75, 3.05) is 13.2 Å². The Balaban J connectivity index is 2.43. The van der Waals surface area contributed by atoms with E-state index < -0.39 is 0 Å². The molecule has 1 heterocycles. The van der Waals surface area contributed by atoms with Gasteiger partial charge in [-0.1, -0.05) is 13.2 Å². The van der Waals surface area contributed by atoms with Crippen LogP contribution in [0, 0.1) is 0 Å². The number of ether oxygens (including phenoxy) is 1. The second-order valence-corrected chi connectivity index (χ2v) is 4.16. The smallest absolute Gasteiger partial charge is 0.150 e. The van der Waals surface area contributed by atoms with Crippen LogP contribution < -0.4 is 0 Å². The van der Waals surface area contributed by atoms with Gasteiger partial charge in [-0.3, -0.25) is 4.90 Å². The van der Waals surface area contributed by atoms with Crippen LogP contribution in [-0.4, -0.2) is 43.4 Å². The van der Waals surface area contributed by atoms with Crippen LogP contribution >= 0.6 is 0 Å². The second-order valence-electron chi connectivity index (χ2n) is 4.16. The molecule has 0 aromatic carbocycles. The quantitative estimate of drug-likeness (QED) is 0.614. The lowest BCUT2D eigenvalue weighted by atomic mass is 9.68. The van der Waals surface area contributed by atoms with E-state index in [4.69, 9.17) is 4.74 Å². The second kappa shape index (κ2) is 5.01. The van der Waals surface area contributed by atoms with Crippen molar-refractivity contribution in [2.45, 2.75) is 52.1 Å². The van der Waals surface area contributed by atoms with Gasteiger partial charge in [-0.25, -0.2) is 0 Å². The van der Waals surface area contributed by atoms with Crippen LogP contribution in [0.5, 0.6) is 0 Å². The van der Waals surface area contributed by atoms with Gasteiger partial charge >= 0.3 is 0 Å². The summed E-state index contributed by atoms with van der Waals surface area (Å²) in [6.45, 7) is 10.9. The van der Waals surface area contributed by atoms with Crippen LogP contribution in [0.2, 0.25) is 6.32 Å². The van der Waals surface area contributed by atoms with Gasteiger partial charge in [0.1, 0.15) is 0 Å². The molecule has 2 atom stereocenters. The van der Waals surface area contributed by atoms with E-state index in [2.05, 4.69) is 39.9 Å². The van der Waals surface area contributed by atoms with Gasteiger partial charge in [-0.05, 0) is 20.8 Å². The molecule has 1 aliphatic rings. The largest absolute Gasteiger partial charge is 0.384 e. The Bertz CT molecular complexity index is 152. The van der Waals surface area contributed by atoms with Crippen LogP contribution in [0.3, 0.4) is 0 Å². The molecule has 2 nitrogen and oxygen atoms in total. The Morgan fingerprint density at radius 3 is 2.77 bits per heavy atom. The van der Waals surface area contributed by atoms with Crippen molar-refractivity contribution in [3.8, 4) is 0 Å². The first kappa shape index (κ1) is 11.1. The third kappa shape index (κ3) is 2.99. The number of hydrogen-bond acceptors (Lipinski definition) is 2. The van der Waals surface area contributed by atoms with Crippen molar-refractivity contribution < 1.29 is 4.74 Å². The summed E-state index contributed by atoms with van der Waals surface area (Å²) in [7, 11) is 2.27. The number of morpholine rings is 1. The predicted molar refractivity (Wildman–Crippen MR) is 57.3 cm³/mol. The van der Waals surface area contributed by atoms with Gasteiger partial charge in [-0.2, -0.15) is 0 Å². The summed E-state index contributed by atoms with van der Waals surface area (Å²) >= 11 is 0. The fraction of sp³-hybridized carbons (Fsp3) is 1.00. The Morgan fingerprint density at radius 2 is 2.23 bits per heavy atom. The first-order valence-electron chi connectivity index (χ1n) is 5.35. The average Bonchev–Trinajstić information content (AvgIpc) is 2.08. The highest BCUT2D eigenvalue weighted by Gasteiger charge is 2.27. The minimum absolute atomic E-state index is 0.351. The SMILES string of the molecule is CC[B][C@H]1CN(C(C)C)[C@H](C)CO1. The molecule has 3 heteroatoms. The van der Waals surface area contributed by atoms with Crippen LogP contribution in [0.4, 0.5) is 0 Å². The summed E-state index contributed by atoms with van der Waals surface area (Å²) < 4.78 is 5.71. The maximum absolute atomic E-state index is 5.71. The minimum Gasteiger partial charge on any atom is -0.384 e. The molecular formula is C10H21BNO. The van der Waals surface area contributed by atoms with Crippen LogP contribution in [0.15, 0.2) is 0 Å². The normalized spacial score (nSPS) is 30.8. The van der Waals surface area contributed by atoms with Gasteiger partial charge in [0.25, 0.3) is 0 Å². The Labute approximate surface area is 82.9 Å². The highest BCUT2D eigenvalue weighted by molar-refractivity contribution is 6.37. The van der Waals surface area contributed by atoms with Gasteiger partial charge in [0.15, 0.2) is 7.28 Å². The van der Waals surface area contributed by atoms with E-state index in [9.17, 15) is 0 Å². The van der Waals surface area contributed by atoms with Crippen molar-refractivity contribution in [2.24, 2.45) is 0 Å². The molecule has 0 spiro atoms. The molecule has 75 valence electrons. The third-order valence-electron chi connectivity index (χ3n) is 2.67. The maximum atomic E-state index is 5.71. The summed E-state index contributed by atoms with van der Waals surface area (Å²) in [6, 6.07) is 1.55. The number of rotatable bonds is 3. The molecule has 1 aliphatic heterocycles. The average molecular weight is 182 g/mol. The molecule has 0 aromatic heterocycles. The molecular weight excluding hydrogens is 161 g/mol. The van der Waals surface area contributed by atoms with Crippen molar-refractivity contribution >= 4 is 7.28 Å². The van der Waals surface area contributed by atoms with Gasteiger partial charge in [0.05, 0.1) is 6.61 Å². The number of hydrogen-bond donors (Lipinski definition) is 0. The first-order valence-corrected chi connectivity index (χ1v) is 5.35. The lowest BCUT2D eigenvalue weighted by molar-refractivity contribution is -0.0361. The first-order chi connectivity index (χ1) is 6.15. The van der Waals surface area contributed by atoms with Gasteiger partial charge in [0, 0.05) is 24.6 Å². The van der Waals surface area contributed by atoms with Crippen LogP contribution in [-0.2, 0) is 4.74 Å². The Hall–Kier alpha value is -0.0151. The molecule has 0 amide bonds. The molecule has 1 radical (unpaired) electrons. The van der Waals surface area contributed by atoms with E-state index in [-0.39, 0.29) is 0 Å². The van der Waals surface area contributed by atoms with Gasteiger partial charge < -0.3 is 4.74 Å². The van der Waals surface area contributed by atoms with Gasteiger partial charge in [0.2, 0.25) is 0 Å². The summed E-state index contributed by atoms with van der Waals surface area (Å²) in [5.41, 5.74) is 0. The topological polar surface area (TPSA) is 12.5 Å². The van der Waals surface area contributed by atoms with Gasteiger partial charge in [-0.15, -0.1) is 0 Å². The highest BCUT2D eigenvalue weighted by atomic mass is 16.5. The zero-order valence-electron chi connectivity index (χ0n) is 9.29. The lowest BCUT2D eigenvalue weighted by Gasteiger charge is -2.40. The molecule has 0 bridgehead atoms. The fourth-order valence-corrected chi connectivity index (χ4v) is 1.92. The van der Waals surface area contributed by atoms with Crippen molar-refractivity contribution in [3.63, 3.8) is 0 Å².